The molecule has 7 nitrogen and oxygen atoms in total. The van der Waals surface area contributed by atoms with Crippen LogP contribution in [0.15, 0.2) is 56.9 Å². The van der Waals surface area contributed by atoms with Crippen LogP contribution in [0.3, 0.4) is 0 Å². The van der Waals surface area contributed by atoms with E-state index in [0.29, 0.717) is 5.52 Å². The molecule has 1 aromatic heterocycles. The smallest absolute Gasteiger partial charge is 0.316 e. The summed E-state index contributed by atoms with van der Waals surface area (Å²) in [7, 11) is -3.75. The monoisotopic (exact) mass is 377 g/mol. The fourth-order valence-electron chi connectivity index (χ4n) is 2.63. The van der Waals surface area contributed by atoms with Gasteiger partial charge in [-0.3, -0.25) is 9.59 Å². The summed E-state index contributed by atoms with van der Waals surface area (Å²) in [6.07, 6.45) is 0. The highest BCUT2D eigenvalue weighted by Crippen LogP contribution is 2.12. The highest BCUT2D eigenvalue weighted by molar-refractivity contribution is 7.89. The van der Waals surface area contributed by atoms with Crippen molar-refractivity contribution in [2.45, 2.75) is 18.4 Å². The fourth-order valence-corrected chi connectivity index (χ4v) is 3.76. The van der Waals surface area contributed by atoms with Crippen LogP contribution in [0.5, 0.6) is 0 Å². The van der Waals surface area contributed by atoms with Crippen molar-refractivity contribution in [2.75, 3.05) is 6.54 Å². The number of aromatic amines is 1. The zero-order valence-corrected chi connectivity index (χ0v) is 14.6. The molecule has 0 fully saturated rings. The minimum absolute atomic E-state index is 0.0735. The van der Waals surface area contributed by atoms with Crippen molar-refractivity contribution < 1.29 is 12.8 Å². The third kappa shape index (κ3) is 3.58. The van der Waals surface area contributed by atoms with Crippen molar-refractivity contribution in [2.24, 2.45) is 0 Å². The Morgan fingerprint density at radius 1 is 1.15 bits per heavy atom. The molecule has 136 valence electrons. The van der Waals surface area contributed by atoms with Crippen molar-refractivity contribution in [3.8, 4) is 0 Å². The molecule has 0 saturated heterocycles. The number of fused-ring (bicyclic) bond motifs is 1. The molecule has 2 N–H and O–H groups in total. The normalized spacial score (nSPS) is 11.8. The number of nitrogens with one attached hydrogen (secondary N) is 2. The summed E-state index contributed by atoms with van der Waals surface area (Å²) in [5.41, 5.74) is -0.461. The molecule has 0 amide bonds. The quantitative estimate of drug-likeness (QED) is 0.651. The number of H-pyrrole nitrogens is 1. The molecule has 0 spiro atoms. The molecule has 26 heavy (non-hydrogen) atoms. The Labute approximate surface area is 148 Å². The number of aryl methyl sites for hydroxylation is 1. The Balaban J connectivity index is 1.87. The van der Waals surface area contributed by atoms with E-state index in [9.17, 15) is 22.4 Å². The highest BCUT2D eigenvalue weighted by atomic mass is 32.2. The van der Waals surface area contributed by atoms with E-state index in [4.69, 9.17) is 0 Å². The molecular weight excluding hydrogens is 361 g/mol. The average molecular weight is 377 g/mol. The first-order chi connectivity index (χ1) is 12.3. The van der Waals surface area contributed by atoms with E-state index in [2.05, 4.69) is 9.71 Å². The molecular formula is C17H16FN3O4S. The van der Waals surface area contributed by atoms with Crippen LogP contribution in [-0.2, 0) is 16.6 Å². The van der Waals surface area contributed by atoms with E-state index in [1.54, 1.807) is 19.1 Å². The summed E-state index contributed by atoms with van der Waals surface area (Å²) >= 11 is 0. The predicted molar refractivity (Wildman–Crippen MR) is 95.2 cm³/mol. The zero-order chi connectivity index (χ0) is 18.9. The molecule has 0 unspecified atom stereocenters. The van der Waals surface area contributed by atoms with Gasteiger partial charge in [-0.2, -0.15) is 0 Å². The lowest BCUT2D eigenvalue weighted by atomic mass is 10.2. The topological polar surface area (TPSA) is 101 Å². The maximum absolute atomic E-state index is 13.3. The minimum atomic E-state index is -3.75. The van der Waals surface area contributed by atoms with E-state index in [1.165, 1.54) is 18.2 Å². The van der Waals surface area contributed by atoms with Crippen LogP contribution in [0.4, 0.5) is 4.39 Å². The van der Waals surface area contributed by atoms with E-state index < -0.39 is 27.0 Å². The number of rotatable bonds is 5. The summed E-state index contributed by atoms with van der Waals surface area (Å²) in [6.45, 7) is 1.60. The standard InChI is InChI=1S/C17H16FN3O4S/c1-11-3-2-4-13(9-11)26(24,25)19-7-8-21-15-6-5-12(18)10-14(15)20-16(22)17(21)23/h2-6,9-10,19H,7-8H2,1H3,(H,20,22). The molecule has 1 heterocycles. The molecule has 0 saturated carbocycles. The first-order valence-corrected chi connectivity index (χ1v) is 9.25. The lowest BCUT2D eigenvalue weighted by molar-refractivity contribution is 0.572. The number of hydrogen-bond acceptors (Lipinski definition) is 4. The van der Waals surface area contributed by atoms with Gasteiger partial charge >= 0.3 is 11.1 Å². The van der Waals surface area contributed by atoms with Gasteiger partial charge in [0.2, 0.25) is 10.0 Å². The number of nitrogens with zero attached hydrogens (tertiary/aromatic N) is 1. The van der Waals surface area contributed by atoms with Gasteiger partial charge in [0.15, 0.2) is 0 Å². The van der Waals surface area contributed by atoms with Crippen LogP contribution in [0.1, 0.15) is 5.56 Å². The van der Waals surface area contributed by atoms with Gasteiger partial charge in [-0.25, -0.2) is 17.5 Å². The third-order valence-corrected chi connectivity index (χ3v) is 5.32. The second kappa shape index (κ2) is 6.85. The molecule has 0 aliphatic carbocycles. The third-order valence-electron chi connectivity index (χ3n) is 3.86. The SMILES string of the molecule is Cc1cccc(S(=O)(=O)NCCn2c(=O)c(=O)[nH]c3cc(F)ccc32)c1. The number of benzene rings is 2. The second-order valence-corrected chi connectivity index (χ2v) is 7.55. The molecule has 0 bridgehead atoms. The fraction of sp³-hybridized carbons (Fsp3) is 0.176. The molecule has 0 aliphatic rings. The number of sulfonamides is 1. The Morgan fingerprint density at radius 2 is 1.92 bits per heavy atom. The largest absolute Gasteiger partial charge is 0.316 e. The van der Waals surface area contributed by atoms with E-state index in [0.717, 1.165) is 22.3 Å². The van der Waals surface area contributed by atoms with Gasteiger partial charge < -0.3 is 9.55 Å². The van der Waals surface area contributed by atoms with Crippen LogP contribution >= 0.6 is 0 Å². The summed E-state index contributed by atoms with van der Waals surface area (Å²) in [5, 5.41) is 0. The average Bonchev–Trinajstić information content (AvgIpc) is 2.58. The molecule has 9 heteroatoms. The molecule has 3 aromatic rings. The van der Waals surface area contributed by atoms with Gasteiger partial charge in [0.25, 0.3) is 0 Å². The summed E-state index contributed by atoms with van der Waals surface area (Å²) in [6, 6.07) is 10.0. The maximum atomic E-state index is 13.3. The van der Waals surface area contributed by atoms with Crippen molar-refractivity contribution in [3.05, 3.63) is 74.6 Å². The van der Waals surface area contributed by atoms with Gasteiger partial charge in [0.05, 0.1) is 15.9 Å². The van der Waals surface area contributed by atoms with Crippen LogP contribution in [0, 0.1) is 12.7 Å². The van der Waals surface area contributed by atoms with Gasteiger partial charge in [-0.15, -0.1) is 0 Å². The maximum Gasteiger partial charge on any atom is 0.316 e. The molecule has 0 aliphatic heterocycles. The van der Waals surface area contributed by atoms with E-state index >= 15 is 0 Å². The van der Waals surface area contributed by atoms with Crippen molar-refractivity contribution in [3.63, 3.8) is 0 Å². The zero-order valence-electron chi connectivity index (χ0n) is 13.8. The Kier molecular flexibility index (Phi) is 4.75. The van der Waals surface area contributed by atoms with Crippen molar-refractivity contribution in [1.29, 1.82) is 0 Å². The van der Waals surface area contributed by atoms with Gasteiger partial charge in [0, 0.05) is 13.1 Å². The highest BCUT2D eigenvalue weighted by Gasteiger charge is 2.14. The lowest BCUT2D eigenvalue weighted by Crippen LogP contribution is -2.39. The number of halogens is 1. The Hall–Kier alpha value is -2.78. The molecule has 0 radical (unpaired) electrons. The first-order valence-electron chi connectivity index (χ1n) is 7.77. The van der Waals surface area contributed by atoms with Gasteiger partial charge in [-0.1, -0.05) is 12.1 Å². The molecule has 0 atom stereocenters. The Bertz CT molecular complexity index is 1200. The van der Waals surface area contributed by atoms with Gasteiger partial charge in [0.1, 0.15) is 5.82 Å². The molecule has 3 rings (SSSR count). The van der Waals surface area contributed by atoms with Gasteiger partial charge in [-0.05, 0) is 42.8 Å². The summed E-state index contributed by atoms with van der Waals surface area (Å²) in [5.74, 6) is -0.557. The van der Waals surface area contributed by atoms with E-state index in [-0.39, 0.29) is 23.5 Å². The van der Waals surface area contributed by atoms with Crippen molar-refractivity contribution >= 4 is 21.1 Å². The van der Waals surface area contributed by atoms with E-state index in [1.807, 2.05) is 0 Å². The predicted octanol–water partition coefficient (Wildman–Crippen LogP) is 1.12. The summed E-state index contributed by atoms with van der Waals surface area (Å²) in [4.78, 5) is 26.2. The number of aromatic nitrogens is 2. The van der Waals surface area contributed by atoms with Crippen LogP contribution in [-0.4, -0.2) is 24.5 Å². The Morgan fingerprint density at radius 3 is 2.65 bits per heavy atom. The second-order valence-electron chi connectivity index (χ2n) is 5.79. The summed E-state index contributed by atoms with van der Waals surface area (Å²) < 4.78 is 41.5. The van der Waals surface area contributed by atoms with Crippen LogP contribution in [0.2, 0.25) is 0 Å². The molecule has 2 aromatic carbocycles. The minimum Gasteiger partial charge on any atom is -0.316 e. The number of hydrogen-bond donors (Lipinski definition) is 2. The van der Waals surface area contributed by atoms with Crippen LogP contribution in [0.25, 0.3) is 11.0 Å². The first kappa shape index (κ1) is 18.0. The van der Waals surface area contributed by atoms with Crippen molar-refractivity contribution in [1.82, 2.24) is 14.3 Å². The lowest BCUT2D eigenvalue weighted by Gasteiger charge is -2.11. The van der Waals surface area contributed by atoms with Crippen LogP contribution < -0.4 is 15.8 Å².